The Morgan fingerprint density at radius 1 is 1.05 bits per heavy atom. The van der Waals surface area contributed by atoms with Gasteiger partial charge >= 0.3 is 15.5 Å². The van der Waals surface area contributed by atoms with Crippen LogP contribution in [0.25, 0.3) is 16.3 Å². The van der Waals surface area contributed by atoms with Crippen molar-refractivity contribution in [1.82, 2.24) is 4.98 Å². The van der Waals surface area contributed by atoms with Crippen LogP contribution >= 0.6 is 11.3 Å². The highest BCUT2D eigenvalue weighted by Gasteiger charge is 2.46. The minimum Gasteiger partial charge on any atom is -0.496 e. The Hall–Kier alpha value is -3.91. The normalized spacial score (nSPS) is 14.6. The number of rotatable bonds is 8. The number of hydrogen-bond donors (Lipinski definition) is 1. The number of aromatic nitrogens is 1. The zero-order valence-electron chi connectivity index (χ0n) is 22.3. The maximum absolute atomic E-state index is 13.5. The number of nitrogens with zero attached hydrogens (tertiary/aromatic N) is 1. The third-order valence-electron chi connectivity index (χ3n) is 6.50. The number of halogens is 5. The predicted molar refractivity (Wildman–Crippen MR) is 148 cm³/mol. The summed E-state index contributed by atoms with van der Waals surface area (Å²) in [5.74, 6) is -0.538. The number of nitrogens with one attached hydrogen (secondary N) is 1. The molecule has 0 bridgehead atoms. The molecule has 0 saturated carbocycles. The van der Waals surface area contributed by atoms with Gasteiger partial charge in [0.15, 0.2) is 11.6 Å². The molecule has 14 heteroatoms. The number of anilines is 1. The lowest BCUT2D eigenvalue weighted by Gasteiger charge is -2.34. The van der Waals surface area contributed by atoms with E-state index in [2.05, 4.69) is 4.98 Å². The van der Waals surface area contributed by atoms with Crippen LogP contribution in [0.5, 0.6) is 17.2 Å². The summed E-state index contributed by atoms with van der Waals surface area (Å²) in [6.45, 7) is 3.71. The van der Waals surface area contributed by atoms with Crippen molar-refractivity contribution in [2.75, 3.05) is 11.8 Å². The van der Waals surface area contributed by atoms with Gasteiger partial charge in [-0.15, -0.1) is 11.3 Å². The molecule has 3 aromatic carbocycles. The second-order valence-corrected chi connectivity index (χ2v) is 12.7. The summed E-state index contributed by atoms with van der Waals surface area (Å²) in [4.78, 5) is 4.29. The predicted octanol–water partition coefficient (Wildman–Crippen LogP) is 7.22. The molecule has 2 heterocycles. The quantitative estimate of drug-likeness (QED) is 0.208. The van der Waals surface area contributed by atoms with E-state index in [9.17, 15) is 30.4 Å². The van der Waals surface area contributed by atoms with E-state index in [1.807, 2.05) is 19.9 Å². The Morgan fingerprint density at radius 3 is 2.50 bits per heavy atom. The average Bonchev–Trinajstić information content (AvgIpc) is 3.28. The molecule has 42 heavy (non-hydrogen) atoms. The Morgan fingerprint density at radius 2 is 1.79 bits per heavy atom. The van der Waals surface area contributed by atoms with Crippen molar-refractivity contribution < 1.29 is 44.6 Å². The monoisotopic (exact) mass is 626 g/mol. The van der Waals surface area contributed by atoms with Crippen molar-refractivity contribution in [3.63, 3.8) is 0 Å². The Balaban J connectivity index is 1.39. The summed E-state index contributed by atoms with van der Waals surface area (Å²) in [7, 11) is -4.21. The summed E-state index contributed by atoms with van der Waals surface area (Å²) in [5.41, 5.74) is -4.40. The minimum atomic E-state index is -5.61. The highest BCUT2D eigenvalue weighted by atomic mass is 32.2. The number of methoxy groups -OCH3 is 1. The van der Waals surface area contributed by atoms with Gasteiger partial charge in [-0.1, -0.05) is 0 Å². The Labute approximate surface area is 241 Å². The van der Waals surface area contributed by atoms with Crippen molar-refractivity contribution in [2.45, 2.75) is 38.0 Å². The second-order valence-electron chi connectivity index (χ2n) is 9.87. The van der Waals surface area contributed by atoms with Gasteiger partial charge in [-0.25, -0.2) is 13.8 Å². The molecule has 7 nitrogen and oxygen atoms in total. The number of ether oxygens (including phenoxy) is 3. The Kier molecular flexibility index (Phi) is 7.56. The molecule has 1 N–H and O–H groups in total. The highest BCUT2D eigenvalue weighted by Crippen LogP contribution is 2.40. The first kappa shape index (κ1) is 29.6. The van der Waals surface area contributed by atoms with Crippen LogP contribution in [0.2, 0.25) is 0 Å². The van der Waals surface area contributed by atoms with Crippen molar-refractivity contribution in [1.29, 1.82) is 0 Å². The maximum atomic E-state index is 13.5. The SMILES string of the molecule is COc1ccc(NS(=O)(=O)C(F)(F)F)cc1CC1=Cc2cc(OCc3nc4cc(F)c(F)cc4s3)ccc2OC1(C)C. The number of benzene rings is 3. The van der Waals surface area contributed by atoms with Crippen LogP contribution in [0, 0.1) is 11.6 Å². The summed E-state index contributed by atoms with van der Waals surface area (Å²) in [6, 6.07) is 11.1. The maximum Gasteiger partial charge on any atom is 0.516 e. The number of sulfonamides is 1. The number of alkyl halides is 3. The van der Waals surface area contributed by atoms with Gasteiger partial charge in [-0.2, -0.15) is 21.6 Å². The minimum absolute atomic E-state index is 0.0577. The molecule has 1 aromatic heterocycles. The van der Waals surface area contributed by atoms with E-state index in [1.54, 1.807) is 22.9 Å². The number of thiazole rings is 1. The van der Waals surface area contributed by atoms with Crippen molar-refractivity contribution in [3.8, 4) is 17.2 Å². The van der Waals surface area contributed by atoms with Crippen molar-refractivity contribution >= 4 is 43.3 Å². The molecule has 1 aliphatic rings. The molecule has 222 valence electrons. The molecule has 0 amide bonds. The summed E-state index contributed by atoms with van der Waals surface area (Å²) in [5, 5.41) is 0.523. The molecule has 0 atom stereocenters. The van der Waals surface area contributed by atoms with E-state index in [4.69, 9.17) is 14.2 Å². The fourth-order valence-corrected chi connectivity index (χ4v) is 5.80. The van der Waals surface area contributed by atoms with Gasteiger partial charge in [0.1, 0.15) is 34.5 Å². The van der Waals surface area contributed by atoms with Gasteiger partial charge in [0.05, 0.1) is 17.3 Å². The lowest BCUT2D eigenvalue weighted by molar-refractivity contribution is -0.0429. The molecular formula is C28H23F5N2O5S2. The third kappa shape index (κ3) is 6.00. The second kappa shape index (κ2) is 10.7. The first-order chi connectivity index (χ1) is 19.6. The van der Waals surface area contributed by atoms with Crippen LogP contribution < -0.4 is 18.9 Å². The van der Waals surface area contributed by atoms with E-state index in [0.717, 1.165) is 17.7 Å². The van der Waals surface area contributed by atoms with Gasteiger partial charge < -0.3 is 14.2 Å². The number of hydrogen-bond acceptors (Lipinski definition) is 7. The van der Waals surface area contributed by atoms with Gasteiger partial charge in [0.2, 0.25) is 0 Å². The number of fused-ring (bicyclic) bond motifs is 2. The van der Waals surface area contributed by atoms with E-state index < -0.39 is 32.8 Å². The molecule has 0 spiro atoms. The fourth-order valence-electron chi connectivity index (χ4n) is 4.36. The van der Waals surface area contributed by atoms with Gasteiger partial charge in [-0.3, -0.25) is 4.72 Å². The molecule has 0 radical (unpaired) electrons. The van der Waals surface area contributed by atoms with Crippen LogP contribution in [0.15, 0.2) is 54.1 Å². The molecule has 0 saturated heterocycles. The van der Waals surface area contributed by atoms with Crippen molar-refractivity contribution in [2.24, 2.45) is 0 Å². The van der Waals surface area contributed by atoms with Crippen LogP contribution in [0.1, 0.15) is 30.0 Å². The summed E-state index contributed by atoms with van der Waals surface area (Å²) >= 11 is 1.18. The van der Waals surface area contributed by atoms with E-state index >= 15 is 0 Å². The third-order valence-corrected chi connectivity index (χ3v) is 8.61. The molecule has 4 aromatic rings. The fraction of sp³-hybridized carbons (Fsp3) is 0.250. The van der Waals surface area contributed by atoms with E-state index in [1.165, 1.54) is 36.6 Å². The molecule has 5 rings (SSSR count). The van der Waals surface area contributed by atoms with Gasteiger partial charge in [0.25, 0.3) is 0 Å². The van der Waals surface area contributed by atoms with Crippen LogP contribution in [0.3, 0.4) is 0 Å². The standard InChI is InChI=1S/C28H23F5N2O5S2/c1-27(2)17(8-15-10-18(4-6-23(15)38-3)35-42(36,37)28(31,32)33)9-16-11-19(5-7-24(16)40-27)39-14-26-34-22-12-20(29)21(30)13-25(22)41-26/h4-7,9-13,35H,8,14H2,1-3H3. The Bertz CT molecular complexity index is 1780. The smallest absolute Gasteiger partial charge is 0.496 e. The zero-order chi connectivity index (χ0) is 30.4. The molecule has 0 aliphatic carbocycles. The van der Waals surface area contributed by atoms with E-state index in [0.29, 0.717) is 43.6 Å². The lowest BCUT2D eigenvalue weighted by Crippen LogP contribution is -2.34. The van der Waals surface area contributed by atoms with Crippen LogP contribution in [-0.2, 0) is 23.1 Å². The lowest BCUT2D eigenvalue weighted by atomic mass is 9.87. The molecule has 0 fully saturated rings. The molecule has 0 unspecified atom stereocenters. The molecular weight excluding hydrogens is 603 g/mol. The van der Waals surface area contributed by atoms with E-state index in [-0.39, 0.29) is 18.7 Å². The van der Waals surface area contributed by atoms with Crippen LogP contribution in [0.4, 0.5) is 27.6 Å². The van der Waals surface area contributed by atoms with Gasteiger partial charge in [-0.05, 0) is 68.0 Å². The van der Waals surface area contributed by atoms with Gasteiger partial charge in [0, 0.05) is 29.3 Å². The zero-order valence-corrected chi connectivity index (χ0v) is 23.9. The van der Waals surface area contributed by atoms with Crippen molar-refractivity contribution in [3.05, 3.63) is 81.9 Å². The summed E-state index contributed by atoms with van der Waals surface area (Å²) in [6.07, 6.45) is 2.03. The molecule has 1 aliphatic heterocycles. The summed E-state index contributed by atoms with van der Waals surface area (Å²) < 4.78 is 109. The largest absolute Gasteiger partial charge is 0.516 e. The average molecular weight is 627 g/mol. The first-order valence-corrected chi connectivity index (χ1v) is 14.6. The van der Waals surface area contributed by atoms with Crippen LogP contribution in [-0.4, -0.2) is 31.6 Å². The first-order valence-electron chi connectivity index (χ1n) is 12.3. The topological polar surface area (TPSA) is 86.8 Å². The highest BCUT2D eigenvalue weighted by molar-refractivity contribution is 7.93.